The number of carbonyl (C=O) groups excluding carboxylic acids is 1. The Morgan fingerprint density at radius 2 is 1.97 bits per heavy atom. The molecule has 0 unspecified atom stereocenters. The number of nitrogens with zero attached hydrogens (tertiary/aromatic N) is 2. The molecule has 1 amide bonds. The first-order chi connectivity index (χ1) is 16.6. The Balaban J connectivity index is 1.48. The minimum atomic E-state index is -0.121. The summed E-state index contributed by atoms with van der Waals surface area (Å²) in [4.78, 5) is 31.2. The van der Waals surface area contributed by atoms with E-state index in [1.165, 1.54) is 23.1 Å². The van der Waals surface area contributed by atoms with E-state index in [-0.39, 0.29) is 17.2 Å². The van der Waals surface area contributed by atoms with Crippen molar-refractivity contribution in [3.05, 3.63) is 88.5 Å². The molecule has 0 atom stereocenters. The Bertz CT molecular complexity index is 1360. The van der Waals surface area contributed by atoms with Crippen LogP contribution >= 0.6 is 23.1 Å². The summed E-state index contributed by atoms with van der Waals surface area (Å²) < 4.78 is 6.94. The van der Waals surface area contributed by atoms with Gasteiger partial charge in [0.2, 0.25) is 5.91 Å². The Kier molecular flexibility index (Phi) is 7.82. The molecule has 4 rings (SSSR count). The molecule has 4 aromatic rings. The maximum absolute atomic E-state index is 13.4. The molecule has 0 fully saturated rings. The number of methoxy groups -OCH3 is 1. The van der Waals surface area contributed by atoms with E-state index < -0.39 is 0 Å². The highest BCUT2D eigenvalue weighted by molar-refractivity contribution is 7.99. The summed E-state index contributed by atoms with van der Waals surface area (Å²) >= 11 is 2.69. The molecule has 0 aliphatic heterocycles. The predicted molar refractivity (Wildman–Crippen MR) is 140 cm³/mol. The van der Waals surface area contributed by atoms with Crippen molar-refractivity contribution in [1.82, 2.24) is 14.9 Å². The van der Waals surface area contributed by atoms with Gasteiger partial charge in [0.1, 0.15) is 10.6 Å². The summed E-state index contributed by atoms with van der Waals surface area (Å²) in [5, 5.41) is 6.01. The van der Waals surface area contributed by atoms with Gasteiger partial charge < -0.3 is 10.1 Å². The highest BCUT2D eigenvalue weighted by Gasteiger charge is 2.17. The van der Waals surface area contributed by atoms with Gasteiger partial charge in [-0.25, -0.2) is 4.98 Å². The lowest BCUT2D eigenvalue weighted by Gasteiger charge is -2.11. The molecular formula is C26H25N3O3S2. The van der Waals surface area contributed by atoms with Gasteiger partial charge in [-0.15, -0.1) is 17.9 Å². The molecule has 0 spiro atoms. The number of rotatable bonds is 10. The monoisotopic (exact) mass is 491 g/mol. The van der Waals surface area contributed by atoms with Crippen LogP contribution in [0.15, 0.2) is 82.6 Å². The summed E-state index contributed by atoms with van der Waals surface area (Å²) in [6, 6.07) is 17.6. The van der Waals surface area contributed by atoms with Crippen LogP contribution in [0.1, 0.15) is 5.56 Å². The van der Waals surface area contributed by atoms with E-state index in [0.29, 0.717) is 34.9 Å². The number of allylic oxidation sites excluding steroid dienone is 1. The first-order valence-corrected chi connectivity index (χ1v) is 12.7. The second kappa shape index (κ2) is 11.2. The molecule has 34 heavy (non-hydrogen) atoms. The quantitative estimate of drug-likeness (QED) is 0.197. The minimum absolute atomic E-state index is 0.115. The molecule has 1 N–H and O–H groups in total. The number of thioether (sulfide) groups is 1. The van der Waals surface area contributed by atoms with E-state index in [9.17, 15) is 9.59 Å². The number of carbonyl (C=O) groups is 1. The molecule has 2 aromatic carbocycles. The van der Waals surface area contributed by atoms with Gasteiger partial charge >= 0.3 is 0 Å². The van der Waals surface area contributed by atoms with Crippen molar-refractivity contribution in [2.24, 2.45) is 0 Å². The highest BCUT2D eigenvalue weighted by Crippen LogP contribution is 2.32. The van der Waals surface area contributed by atoms with Gasteiger partial charge in [0.15, 0.2) is 5.16 Å². The number of hydrogen-bond acceptors (Lipinski definition) is 6. The number of ether oxygens (including phenoxy) is 1. The first kappa shape index (κ1) is 23.8. The van der Waals surface area contributed by atoms with Gasteiger partial charge in [0.25, 0.3) is 5.56 Å². The van der Waals surface area contributed by atoms with E-state index in [2.05, 4.69) is 11.9 Å². The topological polar surface area (TPSA) is 73.2 Å². The normalized spacial score (nSPS) is 10.9. The average Bonchev–Trinajstić information content (AvgIpc) is 3.30. The second-order valence-electron chi connectivity index (χ2n) is 7.49. The molecule has 0 radical (unpaired) electrons. The number of thiophene rings is 1. The van der Waals surface area contributed by atoms with Gasteiger partial charge in [0.05, 0.1) is 18.2 Å². The lowest BCUT2D eigenvalue weighted by molar-refractivity contribution is -0.118. The van der Waals surface area contributed by atoms with Crippen LogP contribution < -0.4 is 15.6 Å². The van der Waals surface area contributed by atoms with E-state index in [1.54, 1.807) is 17.8 Å². The lowest BCUT2D eigenvalue weighted by Crippen LogP contribution is -2.28. The van der Waals surface area contributed by atoms with Crippen molar-refractivity contribution in [1.29, 1.82) is 0 Å². The zero-order chi connectivity index (χ0) is 23.9. The maximum atomic E-state index is 13.4. The Morgan fingerprint density at radius 1 is 1.21 bits per heavy atom. The molecule has 174 valence electrons. The lowest BCUT2D eigenvalue weighted by atomic mass is 10.1. The van der Waals surface area contributed by atoms with Crippen molar-refractivity contribution in [2.45, 2.75) is 18.1 Å². The maximum Gasteiger partial charge on any atom is 0.263 e. The predicted octanol–water partition coefficient (Wildman–Crippen LogP) is 4.77. The third kappa shape index (κ3) is 5.24. The van der Waals surface area contributed by atoms with Gasteiger partial charge in [0, 0.05) is 24.0 Å². The molecular weight excluding hydrogens is 466 g/mol. The van der Waals surface area contributed by atoms with Crippen LogP contribution in [0.25, 0.3) is 21.3 Å². The number of nitrogens with one attached hydrogen (secondary N) is 1. The molecule has 0 aliphatic carbocycles. The van der Waals surface area contributed by atoms with Crippen LogP contribution in [-0.2, 0) is 17.8 Å². The summed E-state index contributed by atoms with van der Waals surface area (Å²) in [6.07, 6.45) is 2.34. The fourth-order valence-corrected chi connectivity index (χ4v) is 5.49. The van der Waals surface area contributed by atoms with Crippen molar-refractivity contribution in [3.63, 3.8) is 0 Å². The molecule has 0 bridgehead atoms. The third-order valence-corrected chi connectivity index (χ3v) is 7.15. The number of hydrogen-bond donors (Lipinski definition) is 1. The Labute approximate surface area is 206 Å². The number of amides is 1. The summed E-state index contributed by atoms with van der Waals surface area (Å²) in [6.45, 7) is 4.60. The Morgan fingerprint density at radius 3 is 2.74 bits per heavy atom. The zero-order valence-corrected chi connectivity index (χ0v) is 20.5. The average molecular weight is 492 g/mol. The zero-order valence-electron chi connectivity index (χ0n) is 18.8. The number of para-hydroxylation sites is 1. The van der Waals surface area contributed by atoms with Gasteiger partial charge in [-0.3, -0.25) is 14.2 Å². The summed E-state index contributed by atoms with van der Waals surface area (Å²) in [7, 11) is 1.64. The highest BCUT2D eigenvalue weighted by atomic mass is 32.2. The molecule has 8 heteroatoms. The standard InChI is InChI=1S/C26H25N3O3S2/c1-3-15-29-25(31)23-20(18-9-5-4-6-10-18)16-33-24(23)28-26(29)34-17-22(30)27-14-13-19-11-7-8-12-21(19)32-2/h3-12,16H,1,13-15,17H2,2H3,(H,27,30). The van der Waals surface area contributed by atoms with E-state index >= 15 is 0 Å². The number of benzene rings is 2. The van der Waals surface area contributed by atoms with Crippen LogP contribution in [0.4, 0.5) is 0 Å². The SMILES string of the molecule is C=CCn1c(SCC(=O)NCCc2ccccc2OC)nc2scc(-c3ccccc3)c2c1=O. The molecule has 0 saturated carbocycles. The largest absolute Gasteiger partial charge is 0.496 e. The minimum Gasteiger partial charge on any atom is -0.496 e. The smallest absolute Gasteiger partial charge is 0.263 e. The molecule has 0 aliphatic rings. The number of aromatic nitrogens is 2. The van der Waals surface area contributed by atoms with Crippen molar-refractivity contribution in [2.75, 3.05) is 19.4 Å². The molecule has 2 aromatic heterocycles. The van der Waals surface area contributed by atoms with Crippen LogP contribution in [0, 0.1) is 0 Å². The van der Waals surface area contributed by atoms with Gasteiger partial charge in [-0.2, -0.15) is 0 Å². The summed E-state index contributed by atoms with van der Waals surface area (Å²) in [5.41, 5.74) is 2.77. The third-order valence-electron chi connectivity index (χ3n) is 5.30. The van der Waals surface area contributed by atoms with Crippen molar-refractivity contribution >= 4 is 39.2 Å². The van der Waals surface area contributed by atoms with Crippen LogP contribution in [0.2, 0.25) is 0 Å². The van der Waals surface area contributed by atoms with Gasteiger partial charge in [-0.1, -0.05) is 66.4 Å². The van der Waals surface area contributed by atoms with Crippen molar-refractivity contribution < 1.29 is 9.53 Å². The van der Waals surface area contributed by atoms with E-state index in [1.807, 2.05) is 60.0 Å². The molecule has 2 heterocycles. The Hall–Kier alpha value is -3.36. The second-order valence-corrected chi connectivity index (χ2v) is 9.30. The van der Waals surface area contributed by atoms with E-state index in [0.717, 1.165) is 22.4 Å². The first-order valence-electron chi connectivity index (χ1n) is 10.8. The molecule has 0 saturated heterocycles. The van der Waals surface area contributed by atoms with E-state index in [4.69, 9.17) is 9.72 Å². The van der Waals surface area contributed by atoms with Crippen molar-refractivity contribution in [3.8, 4) is 16.9 Å². The van der Waals surface area contributed by atoms with Crippen LogP contribution in [0.5, 0.6) is 5.75 Å². The van der Waals surface area contributed by atoms with Gasteiger partial charge in [-0.05, 0) is 23.6 Å². The fourth-order valence-electron chi connectivity index (χ4n) is 3.66. The van der Waals surface area contributed by atoms with Crippen LogP contribution in [0.3, 0.4) is 0 Å². The fraction of sp³-hybridized carbons (Fsp3) is 0.192. The number of fused-ring (bicyclic) bond motifs is 1. The van der Waals surface area contributed by atoms with Crippen LogP contribution in [-0.4, -0.2) is 34.9 Å². The summed E-state index contributed by atoms with van der Waals surface area (Å²) in [5.74, 6) is 0.858. The molecule has 6 nitrogen and oxygen atoms in total.